The van der Waals surface area contributed by atoms with Gasteiger partial charge in [0.25, 0.3) is 5.91 Å². The van der Waals surface area contributed by atoms with E-state index in [0.29, 0.717) is 16.4 Å². The van der Waals surface area contributed by atoms with Crippen LogP contribution in [-0.4, -0.2) is 22.5 Å². The fourth-order valence-corrected chi connectivity index (χ4v) is 3.27. The van der Waals surface area contributed by atoms with E-state index in [1.807, 2.05) is 6.92 Å². The minimum atomic E-state index is -2.87. The lowest BCUT2D eigenvalue weighted by molar-refractivity contribution is -0.0498. The van der Waals surface area contributed by atoms with Gasteiger partial charge in [0.05, 0.1) is 16.3 Å². The summed E-state index contributed by atoms with van der Waals surface area (Å²) in [5.41, 5.74) is 1.67. The van der Waals surface area contributed by atoms with Gasteiger partial charge < -0.3 is 4.74 Å². The van der Waals surface area contributed by atoms with Crippen molar-refractivity contribution in [2.45, 2.75) is 13.5 Å². The number of aryl methyl sites for hydroxylation is 1. The summed E-state index contributed by atoms with van der Waals surface area (Å²) in [5, 5.41) is 3.35. The molecule has 9 heteroatoms. The Morgan fingerprint density at radius 1 is 1.27 bits per heavy atom. The largest absolute Gasteiger partial charge is 0.435 e. The highest BCUT2D eigenvalue weighted by Gasteiger charge is 2.15. The highest BCUT2D eigenvalue weighted by molar-refractivity contribution is 7.16. The van der Waals surface area contributed by atoms with Gasteiger partial charge in [0.1, 0.15) is 5.75 Å². The van der Waals surface area contributed by atoms with Crippen molar-refractivity contribution < 1.29 is 18.3 Å². The number of alkyl halides is 2. The Kier molecular flexibility index (Phi) is 5.43. The topological polar surface area (TPSA) is 64.1 Å². The Morgan fingerprint density at radius 3 is 2.65 bits per heavy atom. The maximum atomic E-state index is 12.3. The summed E-state index contributed by atoms with van der Waals surface area (Å²) in [6.45, 7) is -1.02. The van der Waals surface area contributed by atoms with Gasteiger partial charge in [0, 0.05) is 22.8 Å². The predicted octanol–water partition coefficient (Wildman–Crippen LogP) is 5.02. The van der Waals surface area contributed by atoms with Gasteiger partial charge in [0.2, 0.25) is 0 Å². The molecule has 0 aliphatic carbocycles. The summed E-state index contributed by atoms with van der Waals surface area (Å²) in [4.78, 5) is 21.4. The van der Waals surface area contributed by atoms with Gasteiger partial charge in [-0.15, -0.1) is 11.3 Å². The van der Waals surface area contributed by atoms with Gasteiger partial charge in [-0.25, -0.2) is 4.98 Å². The summed E-state index contributed by atoms with van der Waals surface area (Å²) in [6.07, 6.45) is 2.86. The molecule has 26 heavy (non-hydrogen) atoms. The first-order valence-corrected chi connectivity index (χ1v) is 8.57. The lowest BCUT2D eigenvalue weighted by Gasteiger charge is -2.05. The molecule has 3 aromatic rings. The van der Waals surface area contributed by atoms with Crippen molar-refractivity contribution in [3.63, 3.8) is 0 Å². The molecule has 5 nitrogen and oxygen atoms in total. The average molecular weight is 396 g/mol. The molecule has 1 aromatic carbocycles. The van der Waals surface area contributed by atoms with E-state index >= 15 is 0 Å². The van der Waals surface area contributed by atoms with Crippen molar-refractivity contribution in [2.24, 2.45) is 0 Å². The van der Waals surface area contributed by atoms with Crippen LogP contribution in [0, 0.1) is 6.92 Å². The van der Waals surface area contributed by atoms with Crippen LogP contribution in [0.3, 0.4) is 0 Å². The fraction of sp³-hybridized carbons (Fsp3) is 0.118. The smallest absolute Gasteiger partial charge is 0.387 e. The zero-order valence-electron chi connectivity index (χ0n) is 13.4. The van der Waals surface area contributed by atoms with Crippen molar-refractivity contribution in [1.82, 2.24) is 9.97 Å². The van der Waals surface area contributed by atoms with E-state index in [1.165, 1.54) is 41.9 Å². The third-order valence-corrected chi connectivity index (χ3v) is 4.57. The van der Waals surface area contributed by atoms with E-state index in [0.717, 1.165) is 10.4 Å². The molecule has 3 rings (SSSR count). The van der Waals surface area contributed by atoms with E-state index in [2.05, 4.69) is 20.0 Å². The van der Waals surface area contributed by atoms with Crippen LogP contribution in [0.4, 0.5) is 13.9 Å². The number of thiazole rings is 1. The summed E-state index contributed by atoms with van der Waals surface area (Å²) in [7, 11) is 0. The van der Waals surface area contributed by atoms with Crippen molar-refractivity contribution in [3.05, 3.63) is 58.2 Å². The van der Waals surface area contributed by atoms with Gasteiger partial charge in [-0.2, -0.15) is 8.78 Å². The molecule has 2 heterocycles. The number of pyridine rings is 1. The van der Waals surface area contributed by atoms with Gasteiger partial charge in [-0.05, 0) is 37.3 Å². The standard InChI is InChI=1S/C17H12ClF2N3O2S/c1-9-14(10-2-4-11(5-3-10)25-16(19)20)22-17(26-9)23-15(24)12-6-7-21-8-13(12)18/h2-8,16H,1H3,(H,22,23,24). The third-order valence-electron chi connectivity index (χ3n) is 3.39. The molecule has 0 saturated heterocycles. The summed E-state index contributed by atoms with van der Waals surface area (Å²) >= 11 is 7.26. The number of amides is 1. The molecule has 2 aromatic heterocycles. The van der Waals surface area contributed by atoms with E-state index in [1.54, 1.807) is 12.1 Å². The molecular weight excluding hydrogens is 384 g/mol. The normalized spacial score (nSPS) is 10.8. The van der Waals surface area contributed by atoms with E-state index in [9.17, 15) is 13.6 Å². The van der Waals surface area contributed by atoms with E-state index in [4.69, 9.17) is 11.6 Å². The number of ether oxygens (including phenoxy) is 1. The number of carbonyl (C=O) groups is 1. The highest BCUT2D eigenvalue weighted by Crippen LogP contribution is 2.32. The number of benzene rings is 1. The number of rotatable bonds is 5. The molecule has 0 fully saturated rings. The molecule has 1 N–H and O–H groups in total. The molecule has 0 aliphatic heterocycles. The van der Waals surface area contributed by atoms with Crippen LogP contribution in [0.1, 0.15) is 15.2 Å². The van der Waals surface area contributed by atoms with Gasteiger partial charge in [0.15, 0.2) is 5.13 Å². The third kappa shape index (κ3) is 4.14. The summed E-state index contributed by atoms with van der Waals surface area (Å²) in [6, 6.07) is 7.65. The van der Waals surface area contributed by atoms with Crippen molar-refractivity contribution in [3.8, 4) is 17.0 Å². The van der Waals surface area contributed by atoms with Crippen LogP contribution in [0.5, 0.6) is 5.75 Å². The van der Waals surface area contributed by atoms with Crippen molar-refractivity contribution in [1.29, 1.82) is 0 Å². The van der Waals surface area contributed by atoms with Crippen molar-refractivity contribution >= 4 is 34.0 Å². The number of anilines is 1. The van der Waals surface area contributed by atoms with Gasteiger partial charge >= 0.3 is 6.61 Å². The van der Waals surface area contributed by atoms with Crippen molar-refractivity contribution in [2.75, 3.05) is 5.32 Å². The Bertz CT molecular complexity index is 932. The fourth-order valence-electron chi connectivity index (χ4n) is 2.24. The predicted molar refractivity (Wildman–Crippen MR) is 96.1 cm³/mol. The number of nitrogens with zero attached hydrogens (tertiary/aromatic N) is 2. The maximum Gasteiger partial charge on any atom is 0.387 e. The molecule has 0 spiro atoms. The molecule has 0 bridgehead atoms. The number of hydrogen-bond donors (Lipinski definition) is 1. The van der Waals surface area contributed by atoms with E-state index < -0.39 is 12.5 Å². The average Bonchev–Trinajstić information content (AvgIpc) is 2.95. The highest BCUT2D eigenvalue weighted by atomic mass is 35.5. The van der Waals surface area contributed by atoms with Gasteiger partial charge in [-0.3, -0.25) is 15.1 Å². The van der Waals surface area contributed by atoms with Gasteiger partial charge in [-0.1, -0.05) is 11.6 Å². The van der Waals surface area contributed by atoms with Crippen LogP contribution >= 0.6 is 22.9 Å². The van der Waals surface area contributed by atoms with Crippen LogP contribution in [-0.2, 0) is 0 Å². The first-order valence-electron chi connectivity index (χ1n) is 7.37. The first-order chi connectivity index (χ1) is 12.4. The minimum absolute atomic E-state index is 0.0671. The summed E-state index contributed by atoms with van der Waals surface area (Å²) in [5.74, 6) is -0.323. The summed E-state index contributed by atoms with van der Waals surface area (Å²) < 4.78 is 28.8. The number of carbonyl (C=O) groups excluding carboxylic acids is 1. The molecule has 134 valence electrons. The van der Waals surface area contributed by atoms with Crippen LogP contribution in [0.25, 0.3) is 11.3 Å². The quantitative estimate of drug-likeness (QED) is 0.658. The molecule has 1 amide bonds. The number of hydrogen-bond acceptors (Lipinski definition) is 5. The van der Waals surface area contributed by atoms with Crippen LogP contribution in [0.2, 0.25) is 5.02 Å². The minimum Gasteiger partial charge on any atom is -0.435 e. The lowest BCUT2D eigenvalue weighted by Crippen LogP contribution is -2.12. The number of nitrogens with one attached hydrogen (secondary N) is 1. The molecule has 0 radical (unpaired) electrons. The maximum absolute atomic E-state index is 12.3. The number of halogens is 3. The monoisotopic (exact) mass is 395 g/mol. The Hall–Kier alpha value is -2.58. The van der Waals surface area contributed by atoms with Crippen LogP contribution < -0.4 is 10.1 Å². The molecule has 0 aliphatic rings. The Balaban J connectivity index is 1.79. The molecule has 0 saturated carbocycles. The second-order valence-corrected chi connectivity index (χ2v) is 6.75. The SMILES string of the molecule is Cc1sc(NC(=O)c2ccncc2Cl)nc1-c1ccc(OC(F)F)cc1. The Morgan fingerprint density at radius 2 is 2.00 bits per heavy atom. The molecular formula is C17H12ClF2N3O2S. The molecule has 0 unspecified atom stereocenters. The second kappa shape index (κ2) is 7.76. The van der Waals surface area contributed by atoms with Crippen LogP contribution in [0.15, 0.2) is 42.7 Å². The zero-order chi connectivity index (χ0) is 18.7. The molecule has 0 atom stereocenters. The number of aromatic nitrogens is 2. The first kappa shape index (κ1) is 18.2. The Labute approximate surface area is 156 Å². The zero-order valence-corrected chi connectivity index (χ0v) is 14.9. The lowest BCUT2D eigenvalue weighted by atomic mass is 10.1. The van der Waals surface area contributed by atoms with E-state index in [-0.39, 0.29) is 10.8 Å². The second-order valence-electron chi connectivity index (χ2n) is 5.14.